The van der Waals surface area contributed by atoms with E-state index in [0.717, 1.165) is 22.3 Å². The van der Waals surface area contributed by atoms with Crippen LogP contribution in [0.3, 0.4) is 0 Å². The Morgan fingerprint density at radius 3 is 2.93 bits per heavy atom. The van der Waals surface area contributed by atoms with E-state index in [4.69, 9.17) is 9.47 Å². The number of hydrogen-bond acceptors (Lipinski definition) is 5. The van der Waals surface area contributed by atoms with Gasteiger partial charge in [-0.25, -0.2) is 4.98 Å². The number of pyridine rings is 1. The van der Waals surface area contributed by atoms with Gasteiger partial charge in [0.2, 0.25) is 0 Å². The Balaban J connectivity index is 1.69. The zero-order chi connectivity index (χ0) is 18.8. The fraction of sp³-hybridized carbons (Fsp3) is 0.238. The summed E-state index contributed by atoms with van der Waals surface area (Å²) in [4.78, 5) is 19.4. The second-order valence-corrected chi connectivity index (χ2v) is 6.40. The van der Waals surface area contributed by atoms with Gasteiger partial charge in [0.15, 0.2) is 0 Å². The molecule has 1 aliphatic rings. The first-order valence-electron chi connectivity index (χ1n) is 8.78. The van der Waals surface area contributed by atoms with Gasteiger partial charge in [-0.1, -0.05) is 18.2 Å². The molecule has 0 aliphatic carbocycles. The van der Waals surface area contributed by atoms with Crippen molar-refractivity contribution >= 4 is 16.8 Å². The van der Waals surface area contributed by atoms with Crippen LogP contribution in [-0.4, -0.2) is 41.2 Å². The Kier molecular flexibility index (Phi) is 4.64. The summed E-state index contributed by atoms with van der Waals surface area (Å²) < 4.78 is 11.2. The van der Waals surface area contributed by atoms with Crippen LogP contribution >= 0.6 is 0 Å². The monoisotopic (exact) mass is 364 g/mol. The van der Waals surface area contributed by atoms with Crippen LogP contribution in [0.2, 0.25) is 0 Å². The summed E-state index contributed by atoms with van der Waals surface area (Å²) in [6.45, 7) is 1.21. The predicted octanol–water partition coefficient (Wildman–Crippen LogP) is 2.77. The van der Waals surface area contributed by atoms with E-state index in [0.29, 0.717) is 36.7 Å². The van der Waals surface area contributed by atoms with E-state index in [9.17, 15) is 9.90 Å². The van der Waals surface area contributed by atoms with Gasteiger partial charge in [0.1, 0.15) is 23.8 Å². The maximum Gasteiger partial charge on any atom is 0.273 e. The number of carbonyl (C=O) groups excluding carboxylic acids is 1. The van der Waals surface area contributed by atoms with E-state index in [1.165, 1.54) is 0 Å². The van der Waals surface area contributed by atoms with Crippen molar-refractivity contribution in [2.75, 3.05) is 20.3 Å². The largest absolute Gasteiger partial charge is 0.496 e. The van der Waals surface area contributed by atoms with Crippen LogP contribution in [0.4, 0.5) is 0 Å². The number of fused-ring (bicyclic) bond motifs is 2. The quantitative estimate of drug-likeness (QED) is 0.774. The van der Waals surface area contributed by atoms with Gasteiger partial charge in [-0.05, 0) is 29.8 Å². The maximum atomic E-state index is 13.1. The van der Waals surface area contributed by atoms with Crippen molar-refractivity contribution in [3.63, 3.8) is 0 Å². The lowest BCUT2D eigenvalue weighted by Gasteiger charge is -2.20. The van der Waals surface area contributed by atoms with Gasteiger partial charge >= 0.3 is 0 Å². The Morgan fingerprint density at radius 2 is 2.11 bits per heavy atom. The molecule has 0 unspecified atom stereocenters. The maximum absolute atomic E-state index is 13.1. The summed E-state index contributed by atoms with van der Waals surface area (Å²) >= 11 is 0. The number of aliphatic hydroxyl groups is 1. The molecule has 0 spiro atoms. The first-order valence-corrected chi connectivity index (χ1v) is 8.78. The summed E-state index contributed by atoms with van der Waals surface area (Å²) in [5.41, 5.74) is 2.72. The van der Waals surface area contributed by atoms with Crippen LogP contribution < -0.4 is 9.47 Å². The third-order valence-corrected chi connectivity index (χ3v) is 4.69. The number of amides is 1. The molecule has 0 fully saturated rings. The highest BCUT2D eigenvalue weighted by Gasteiger charge is 2.23. The fourth-order valence-corrected chi connectivity index (χ4v) is 3.30. The summed E-state index contributed by atoms with van der Waals surface area (Å²) in [7, 11) is 1.59. The molecule has 6 nitrogen and oxygen atoms in total. The second kappa shape index (κ2) is 7.25. The highest BCUT2D eigenvalue weighted by Crippen LogP contribution is 2.28. The van der Waals surface area contributed by atoms with Gasteiger partial charge in [0, 0.05) is 23.6 Å². The van der Waals surface area contributed by atoms with Crippen molar-refractivity contribution in [1.82, 2.24) is 9.88 Å². The van der Waals surface area contributed by atoms with Crippen LogP contribution in [0.5, 0.6) is 11.5 Å². The Bertz CT molecular complexity index is 1000. The molecule has 1 aliphatic heterocycles. The first kappa shape index (κ1) is 17.3. The zero-order valence-electron chi connectivity index (χ0n) is 15.0. The molecule has 138 valence electrons. The minimum absolute atomic E-state index is 0.0509. The lowest BCUT2D eigenvalue weighted by molar-refractivity contribution is 0.0727. The van der Waals surface area contributed by atoms with Crippen LogP contribution in [-0.2, 0) is 13.2 Å². The summed E-state index contributed by atoms with van der Waals surface area (Å²) in [6.07, 6.45) is 0. The number of methoxy groups -OCH3 is 1. The third kappa shape index (κ3) is 3.31. The zero-order valence-corrected chi connectivity index (χ0v) is 15.0. The molecule has 1 amide bonds. The Hall–Kier alpha value is -3.12. The van der Waals surface area contributed by atoms with Crippen LogP contribution in [0.25, 0.3) is 10.9 Å². The molecule has 3 aromatic rings. The van der Waals surface area contributed by atoms with E-state index >= 15 is 0 Å². The van der Waals surface area contributed by atoms with Crippen molar-refractivity contribution < 1.29 is 19.4 Å². The number of rotatable bonds is 3. The minimum Gasteiger partial charge on any atom is -0.496 e. The first-order chi connectivity index (χ1) is 13.2. The van der Waals surface area contributed by atoms with Gasteiger partial charge in [-0.15, -0.1) is 0 Å². The van der Waals surface area contributed by atoms with Crippen molar-refractivity contribution in [1.29, 1.82) is 0 Å². The van der Waals surface area contributed by atoms with E-state index in [1.54, 1.807) is 18.1 Å². The number of hydrogen-bond donors (Lipinski definition) is 1. The van der Waals surface area contributed by atoms with Crippen LogP contribution in [0.1, 0.15) is 21.6 Å². The van der Waals surface area contributed by atoms with E-state index < -0.39 is 0 Å². The summed E-state index contributed by atoms with van der Waals surface area (Å²) in [6, 6.07) is 14.8. The molecular weight excluding hydrogens is 344 g/mol. The average molecular weight is 364 g/mol. The van der Waals surface area contributed by atoms with E-state index in [-0.39, 0.29) is 12.5 Å². The van der Waals surface area contributed by atoms with Gasteiger partial charge in [0.25, 0.3) is 5.91 Å². The summed E-state index contributed by atoms with van der Waals surface area (Å²) in [5.74, 6) is 1.19. The minimum atomic E-state index is -0.176. The normalized spacial score (nSPS) is 13.6. The standard InChI is InChI=1S/C21H20N2O4/c1-26-20-11-18(22-17-5-3-2-4-16(17)20)21(25)23-8-9-27-19-7-6-14(13-24)10-15(19)12-23/h2-7,10-11,24H,8-9,12-13H2,1H3. The van der Waals surface area contributed by atoms with Gasteiger partial charge in [-0.3, -0.25) is 4.79 Å². The molecule has 1 aromatic heterocycles. The molecule has 4 rings (SSSR count). The van der Waals surface area contributed by atoms with Crippen molar-refractivity contribution in [2.45, 2.75) is 13.2 Å². The van der Waals surface area contributed by atoms with Crippen molar-refractivity contribution in [2.24, 2.45) is 0 Å². The van der Waals surface area contributed by atoms with E-state index in [1.807, 2.05) is 42.5 Å². The molecular formula is C21H20N2O4. The molecule has 0 atom stereocenters. The topological polar surface area (TPSA) is 71.9 Å². The van der Waals surface area contributed by atoms with Gasteiger partial charge in [-0.2, -0.15) is 0 Å². The Morgan fingerprint density at radius 1 is 1.26 bits per heavy atom. The number of aromatic nitrogens is 1. The van der Waals surface area contributed by atoms with Crippen LogP contribution in [0.15, 0.2) is 48.5 Å². The molecule has 2 aromatic carbocycles. The highest BCUT2D eigenvalue weighted by molar-refractivity contribution is 5.97. The van der Waals surface area contributed by atoms with E-state index in [2.05, 4.69) is 4.98 Å². The molecule has 6 heteroatoms. The Labute approximate surface area is 157 Å². The van der Waals surface area contributed by atoms with Crippen molar-refractivity contribution in [3.8, 4) is 11.5 Å². The fourth-order valence-electron chi connectivity index (χ4n) is 3.30. The SMILES string of the molecule is COc1cc(C(=O)N2CCOc3ccc(CO)cc3C2)nc2ccccc12. The molecule has 0 saturated carbocycles. The van der Waals surface area contributed by atoms with Crippen LogP contribution in [0, 0.1) is 0 Å². The number of benzene rings is 2. The average Bonchev–Trinajstić information content (AvgIpc) is 2.94. The third-order valence-electron chi connectivity index (χ3n) is 4.69. The molecule has 1 N–H and O–H groups in total. The van der Waals surface area contributed by atoms with Crippen molar-refractivity contribution in [3.05, 3.63) is 65.4 Å². The molecule has 27 heavy (non-hydrogen) atoms. The smallest absolute Gasteiger partial charge is 0.273 e. The molecule has 0 bridgehead atoms. The lowest BCUT2D eigenvalue weighted by Crippen LogP contribution is -2.33. The lowest BCUT2D eigenvalue weighted by atomic mass is 10.1. The number of nitrogens with zero attached hydrogens (tertiary/aromatic N) is 2. The number of ether oxygens (including phenoxy) is 2. The highest BCUT2D eigenvalue weighted by atomic mass is 16.5. The van der Waals surface area contributed by atoms with Gasteiger partial charge < -0.3 is 19.5 Å². The number of aliphatic hydroxyl groups excluding tert-OH is 1. The molecule has 2 heterocycles. The van der Waals surface area contributed by atoms with Gasteiger partial charge in [0.05, 0.1) is 25.8 Å². The molecule has 0 radical (unpaired) electrons. The number of para-hydroxylation sites is 1. The summed E-state index contributed by atoms with van der Waals surface area (Å²) in [5, 5.41) is 10.2. The molecule has 0 saturated heterocycles. The number of carbonyl (C=O) groups is 1. The predicted molar refractivity (Wildman–Crippen MR) is 101 cm³/mol. The second-order valence-electron chi connectivity index (χ2n) is 6.40.